The van der Waals surface area contributed by atoms with Gasteiger partial charge in [0.1, 0.15) is 5.75 Å². The normalized spacial score (nSPS) is 11.3. The molecule has 0 aliphatic heterocycles. The van der Waals surface area contributed by atoms with Gasteiger partial charge in [0.25, 0.3) is 10.1 Å². The summed E-state index contributed by atoms with van der Waals surface area (Å²) in [5.41, 5.74) is 0.582. The van der Waals surface area contributed by atoms with Crippen LogP contribution < -0.4 is 4.74 Å². The molecule has 0 radical (unpaired) electrons. The van der Waals surface area contributed by atoms with E-state index in [4.69, 9.17) is 4.74 Å². The number of aromatic nitrogens is 1. The monoisotopic (exact) mass is 217 g/mol. The first kappa shape index (κ1) is 10.9. The Morgan fingerprint density at radius 3 is 2.71 bits per heavy atom. The lowest BCUT2D eigenvalue weighted by molar-refractivity contribution is 0.394. The largest absolute Gasteiger partial charge is 0.481 e. The van der Waals surface area contributed by atoms with Crippen LogP contribution in [0.2, 0.25) is 0 Å². The fraction of sp³-hybridized carbons (Fsp3) is 0.375. The van der Waals surface area contributed by atoms with Crippen LogP contribution in [0.25, 0.3) is 0 Å². The van der Waals surface area contributed by atoms with E-state index < -0.39 is 10.1 Å². The third kappa shape index (κ3) is 2.97. The van der Waals surface area contributed by atoms with Crippen LogP contribution in [-0.4, -0.2) is 27.6 Å². The summed E-state index contributed by atoms with van der Waals surface area (Å²) in [7, 11) is -0.879. The van der Waals surface area contributed by atoms with Crippen molar-refractivity contribution in [2.45, 2.75) is 5.75 Å². The standard InChI is InChI=1S/C8H11NO4S/c1-12-8-5-7(3-4-9-8)6-14(10,11)13-2/h3-5H,6H2,1-2H3. The van der Waals surface area contributed by atoms with Gasteiger partial charge >= 0.3 is 0 Å². The number of pyridine rings is 1. The second-order valence-electron chi connectivity index (χ2n) is 2.58. The molecular formula is C8H11NO4S. The van der Waals surface area contributed by atoms with Crippen LogP contribution >= 0.6 is 0 Å². The summed E-state index contributed by atoms with van der Waals surface area (Å²) in [6, 6.07) is 3.15. The molecule has 0 aliphatic carbocycles. The predicted octanol–water partition coefficient (Wildman–Crippen LogP) is 0.566. The van der Waals surface area contributed by atoms with Gasteiger partial charge < -0.3 is 4.74 Å². The van der Waals surface area contributed by atoms with Gasteiger partial charge in [0.05, 0.1) is 14.2 Å². The van der Waals surface area contributed by atoms with Gasteiger partial charge in [0.2, 0.25) is 5.88 Å². The number of nitrogens with zero attached hydrogens (tertiary/aromatic N) is 1. The number of ether oxygens (including phenoxy) is 1. The SMILES string of the molecule is COc1cc(CS(=O)(=O)OC)ccn1. The Bertz CT molecular complexity index is 402. The van der Waals surface area contributed by atoms with Crippen molar-refractivity contribution in [1.29, 1.82) is 0 Å². The van der Waals surface area contributed by atoms with Crippen LogP contribution in [0.3, 0.4) is 0 Å². The Balaban J connectivity index is 2.87. The predicted molar refractivity (Wildman–Crippen MR) is 50.4 cm³/mol. The minimum absolute atomic E-state index is 0.178. The third-order valence-corrected chi connectivity index (χ3v) is 2.80. The highest BCUT2D eigenvalue weighted by Crippen LogP contribution is 2.11. The van der Waals surface area contributed by atoms with E-state index in [9.17, 15) is 8.42 Å². The zero-order valence-corrected chi connectivity index (χ0v) is 8.74. The molecule has 1 aromatic rings. The number of methoxy groups -OCH3 is 1. The second kappa shape index (κ2) is 4.39. The van der Waals surface area contributed by atoms with Gasteiger partial charge in [-0.05, 0) is 11.6 Å². The molecule has 0 aromatic carbocycles. The van der Waals surface area contributed by atoms with Gasteiger partial charge in [-0.15, -0.1) is 0 Å². The van der Waals surface area contributed by atoms with E-state index in [1.54, 1.807) is 12.1 Å². The average Bonchev–Trinajstić information content (AvgIpc) is 2.17. The molecule has 1 heterocycles. The number of hydrogen-bond acceptors (Lipinski definition) is 5. The van der Waals surface area contributed by atoms with Crippen LogP contribution in [0.1, 0.15) is 5.56 Å². The maximum atomic E-state index is 11.1. The third-order valence-electron chi connectivity index (χ3n) is 1.61. The molecule has 5 nitrogen and oxygen atoms in total. The van der Waals surface area contributed by atoms with Gasteiger partial charge in [-0.3, -0.25) is 4.18 Å². The fourth-order valence-electron chi connectivity index (χ4n) is 0.915. The zero-order chi connectivity index (χ0) is 10.6. The van der Waals surface area contributed by atoms with Crippen molar-refractivity contribution >= 4 is 10.1 Å². The Kier molecular flexibility index (Phi) is 3.43. The molecule has 0 aliphatic rings. The Hall–Kier alpha value is -1.14. The molecule has 1 rings (SSSR count). The first-order valence-corrected chi connectivity index (χ1v) is 5.42. The summed E-state index contributed by atoms with van der Waals surface area (Å²) >= 11 is 0. The molecule has 0 atom stereocenters. The van der Waals surface area contributed by atoms with E-state index in [1.165, 1.54) is 13.3 Å². The highest BCUT2D eigenvalue weighted by molar-refractivity contribution is 7.85. The van der Waals surface area contributed by atoms with Crippen molar-refractivity contribution in [2.24, 2.45) is 0 Å². The van der Waals surface area contributed by atoms with E-state index in [0.29, 0.717) is 11.4 Å². The topological polar surface area (TPSA) is 65.5 Å². The Labute approximate surface area is 82.8 Å². The van der Waals surface area contributed by atoms with Crippen LogP contribution in [0.15, 0.2) is 18.3 Å². The molecule has 0 saturated carbocycles. The lowest BCUT2D eigenvalue weighted by Crippen LogP contribution is -2.05. The highest BCUT2D eigenvalue weighted by Gasteiger charge is 2.10. The highest BCUT2D eigenvalue weighted by atomic mass is 32.2. The molecule has 0 amide bonds. The van der Waals surface area contributed by atoms with Gasteiger partial charge in [-0.1, -0.05) is 0 Å². The molecule has 0 unspecified atom stereocenters. The lowest BCUT2D eigenvalue weighted by Gasteiger charge is -2.03. The first-order valence-electron chi connectivity index (χ1n) is 3.84. The second-order valence-corrected chi connectivity index (χ2v) is 4.31. The zero-order valence-electron chi connectivity index (χ0n) is 7.93. The van der Waals surface area contributed by atoms with Crippen molar-refractivity contribution in [3.63, 3.8) is 0 Å². The minimum Gasteiger partial charge on any atom is -0.481 e. The molecule has 0 bridgehead atoms. The summed E-state index contributed by atoms with van der Waals surface area (Å²) in [5.74, 6) is 0.205. The van der Waals surface area contributed by atoms with Crippen LogP contribution in [-0.2, 0) is 20.1 Å². The van der Waals surface area contributed by atoms with E-state index in [-0.39, 0.29) is 5.75 Å². The number of rotatable bonds is 4. The van der Waals surface area contributed by atoms with Gasteiger partial charge in [-0.25, -0.2) is 4.98 Å². The van der Waals surface area contributed by atoms with Crippen LogP contribution in [0.5, 0.6) is 5.88 Å². The molecule has 0 fully saturated rings. The molecule has 0 N–H and O–H groups in total. The van der Waals surface area contributed by atoms with E-state index in [1.807, 2.05) is 0 Å². The van der Waals surface area contributed by atoms with Crippen molar-refractivity contribution < 1.29 is 17.3 Å². The van der Waals surface area contributed by atoms with Crippen molar-refractivity contribution in [3.8, 4) is 5.88 Å². The Morgan fingerprint density at radius 2 is 2.14 bits per heavy atom. The van der Waals surface area contributed by atoms with E-state index in [2.05, 4.69) is 9.17 Å². The summed E-state index contributed by atoms with van der Waals surface area (Å²) in [5, 5.41) is 0. The molecule has 78 valence electrons. The van der Waals surface area contributed by atoms with Crippen molar-refractivity contribution in [3.05, 3.63) is 23.9 Å². The van der Waals surface area contributed by atoms with Gasteiger partial charge in [0, 0.05) is 12.3 Å². The van der Waals surface area contributed by atoms with Crippen LogP contribution in [0.4, 0.5) is 0 Å². The minimum atomic E-state index is -3.48. The molecule has 0 saturated heterocycles. The smallest absolute Gasteiger partial charge is 0.271 e. The molecule has 6 heteroatoms. The maximum Gasteiger partial charge on any atom is 0.271 e. The van der Waals surface area contributed by atoms with Crippen LogP contribution in [0, 0.1) is 0 Å². The first-order chi connectivity index (χ1) is 6.57. The van der Waals surface area contributed by atoms with Gasteiger partial charge in [0.15, 0.2) is 0 Å². The molecule has 1 aromatic heterocycles. The fourth-order valence-corrected chi connectivity index (χ4v) is 1.62. The van der Waals surface area contributed by atoms with Crippen molar-refractivity contribution in [1.82, 2.24) is 4.98 Å². The van der Waals surface area contributed by atoms with E-state index in [0.717, 1.165) is 7.11 Å². The van der Waals surface area contributed by atoms with Gasteiger partial charge in [-0.2, -0.15) is 8.42 Å². The quantitative estimate of drug-likeness (QED) is 0.690. The summed E-state index contributed by atoms with van der Waals surface area (Å²) < 4.78 is 31.4. The van der Waals surface area contributed by atoms with E-state index >= 15 is 0 Å². The molecule has 14 heavy (non-hydrogen) atoms. The maximum absolute atomic E-state index is 11.1. The average molecular weight is 217 g/mol. The summed E-state index contributed by atoms with van der Waals surface area (Å²) in [6.45, 7) is 0. The summed E-state index contributed by atoms with van der Waals surface area (Å²) in [4.78, 5) is 3.86. The number of hydrogen-bond donors (Lipinski definition) is 0. The molecule has 0 spiro atoms. The Morgan fingerprint density at radius 1 is 1.43 bits per heavy atom. The van der Waals surface area contributed by atoms with Crippen molar-refractivity contribution in [2.75, 3.05) is 14.2 Å². The summed E-state index contributed by atoms with van der Waals surface area (Å²) in [6.07, 6.45) is 1.49. The lowest BCUT2D eigenvalue weighted by atomic mass is 10.3. The molecular weight excluding hydrogens is 206 g/mol.